The molecule has 2 rings (SSSR count). The molecular formula is C10H11BrN2O3. The maximum absolute atomic E-state index is 9.28. The summed E-state index contributed by atoms with van der Waals surface area (Å²) < 4.78 is 0.648. The van der Waals surface area contributed by atoms with E-state index in [0.29, 0.717) is 10.3 Å². The largest absolute Gasteiger partial charge is 0.396 e. The fourth-order valence-corrected chi connectivity index (χ4v) is 2.09. The second-order valence-corrected chi connectivity index (χ2v) is 4.18. The Bertz CT molecular complexity index is 411. The van der Waals surface area contributed by atoms with Crippen LogP contribution in [0.1, 0.15) is 5.56 Å². The van der Waals surface area contributed by atoms with Crippen molar-refractivity contribution in [2.24, 2.45) is 11.1 Å². The van der Waals surface area contributed by atoms with Crippen molar-refractivity contribution in [3.05, 3.63) is 28.5 Å². The average molecular weight is 287 g/mol. The average Bonchev–Trinajstić information content (AvgIpc) is 2.72. The number of aliphatic hydroxyl groups is 2. The first-order valence-electron chi connectivity index (χ1n) is 4.84. The molecule has 1 aliphatic heterocycles. The Morgan fingerprint density at radius 1 is 1.38 bits per heavy atom. The van der Waals surface area contributed by atoms with Crippen LogP contribution in [0.2, 0.25) is 0 Å². The minimum absolute atomic E-state index is 0.120. The van der Waals surface area contributed by atoms with E-state index < -0.39 is 6.10 Å². The van der Waals surface area contributed by atoms with E-state index in [0.717, 1.165) is 5.56 Å². The van der Waals surface area contributed by atoms with E-state index in [9.17, 15) is 5.11 Å². The highest BCUT2D eigenvalue weighted by molar-refractivity contribution is 9.10. The van der Waals surface area contributed by atoms with Crippen LogP contribution < -0.4 is 0 Å². The number of hydrogen-bond donors (Lipinski definition) is 2. The number of halogens is 1. The van der Waals surface area contributed by atoms with Gasteiger partial charge in [0.05, 0.1) is 24.8 Å². The van der Waals surface area contributed by atoms with Gasteiger partial charge in [0.15, 0.2) is 6.10 Å². The molecule has 5 nitrogen and oxygen atoms in total. The van der Waals surface area contributed by atoms with Crippen LogP contribution in [0.5, 0.6) is 0 Å². The van der Waals surface area contributed by atoms with Gasteiger partial charge in [-0.25, -0.2) is 4.98 Å². The third-order valence-electron chi connectivity index (χ3n) is 2.50. The summed E-state index contributed by atoms with van der Waals surface area (Å²) in [5.74, 6) is -0.314. The lowest BCUT2D eigenvalue weighted by atomic mass is 9.94. The predicted octanol–water partition coefficient (Wildman–Crippen LogP) is 0.548. The van der Waals surface area contributed by atoms with Gasteiger partial charge in [0.2, 0.25) is 0 Å². The van der Waals surface area contributed by atoms with Crippen LogP contribution in [0, 0.1) is 5.92 Å². The highest BCUT2D eigenvalue weighted by Gasteiger charge is 2.34. The summed E-state index contributed by atoms with van der Waals surface area (Å²) in [6.45, 7) is -0.290. The van der Waals surface area contributed by atoms with Gasteiger partial charge in [-0.15, -0.1) is 0 Å². The number of oxime groups is 1. The zero-order chi connectivity index (χ0) is 11.5. The van der Waals surface area contributed by atoms with Gasteiger partial charge in [-0.05, 0) is 28.1 Å². The summed E-state index contributed by atoms with van der Waals surface area (Å²) in [7, 11) is 0. The zero-order valence-corrected chi connectivity index (χ0v) is 9.96. The Kier molecular flexibility index (Phi) is 3.52. The van der Waals surface area contributed by atoms with Crippen molar-refractivity contribution in [1.82, 2.24) is 4.98 Å². The quantitative estimate of drug-likeness (QED) is 0.796. The van der Waals surface area contributed by atoms with Gasteiger partial charge < -0.3 is 15.1 Å². The number of rotatable bonds is 3. The van der Waals surface area contributed by atoms with Crippen LogP contribution in [-0.4, -0.2) is 40.2 Å². The van der Waals surface area contributed by atoms with E-state index in [1.807, 2.05) is 6.07 Å². The van der Waals surface area contributed by atoms with Crippen LogP contribution >= 0.6 is 15.9 Å². The van der Waals surface area contributed by atoms with Gasteiger partial charge in [-0.3, -0.25) is 0 Å². The molecule has 1 aliphatic rings. The maximum atomic E-state index is 9.28. The van der Waals surface area contributed by atoms with E-state index in [1.54, 1.807) is 12.3 Å². The Morgan fingerprint density at radius 2 is 2.19 bits per heavy atom. The van der Waals surface area contributed by atoms with Crippen molar-refractivity contribution in [2.45, 2.75) is 6.10 Å². The number of aliphatic hydroxyl groups excluding tert-OH is 2. The lowest BCUT2D eigenvalue weighted by molar-refractivity contribution is 0.00650. The van der Waals surface area contributed by atoms with Gasteiger partial charge in [0, 0.05) is 11.8 Å². The van der Waals surface area contributed by atoms with Crippen LogP contribution in [0.3, 0.4) is 0 Å². The normalized spacial score (nSPS) is 24.1. The highest BCUT2D eigenvalue weighted by atomic mass is 79.9. The van der Waals surface area contributed by atoms with Crippen LogP contribution in [0.15, 0.2) is 28.1 Å². The number of pyridine rings is 1. The van der Waals surface area contributed by atoms with Crippen molar-refractivity contribution >= 4 is 21.6 Å². The van der Waals surface area contributed by atoms with Crippen molar-refractivity contribution in [3.8, 4) is 0 Å². The number of hydrogen-bond acceptors (Lipinski definition) is 5. The molecule has 1 aromatic heterocycles. The third-order valence-corrected chi connectivity index (χ3v) is 3.13. The van der Waals surface area contributed by atoms with Crippen molar-refractivity contribution < 1.29 is 15.1 Å². The standard InChI is InChI=1S/C10H11BrN2O3/c11-10-6(2-1-3-12-10)9-7(4-14)8(5-15)16-13-9/h1-3,7-8,14-15H,4-5H2. The van der Waals surface area contributed by atoms with Gasteiger partial charge in [-0.1, -0.05) is 5.16 Å². The van der Waals surface area contributed by atoms with E-state index >= 15 is 0 Å². The molecule has 0 radical (unpaired) electrons. The molecule has 16 heavy (non-hydrogen) atoms. The molecule has 6 heteroatoms. The molecular weight excluding hydrogens is 276 g/mol. The summed E-state index contributed by atoms with van der Waals surface area (Å²) in [6.07, 6.45) is 1.17. The summed E-state index contributed by atoms with van der Waals surface area (Å²) >= 11 is 3.31. The predicted molar refractivity (Wildman–Crippen MR) is 61.0 cm³/mol. The van der Waals surface area contributed by atoms with Crippen molar-refractivity contribution in [1.29, 1.82) is 0 Å². The topological polar surface area (TPSA) is 74.9 Å². The SMILES string of the molecule is OCC1ON=C(c2cccnc2Br)C1CO. The summed E-state index contributed by atoms with van der Waals surface area (Å²) in [6, 6.07) is 3.62. The smallest absolute Gasteiger partial charge is 0.161 e. The second-order valence-electron chi connectivity index (χ2n) is 3.43. The molecule has 0 bridgehead atoms. The molecule has 2 heterocycles. The molecule has 2 N–H and O–H groups in total. The maximum Gasteiger partial charge on any atom is 0.161 e. The number of aromatic nitrogens is 1. The van der Waals surface area contributed by atoms with Crippen LogP contribution in [0.4, 0.5) is 0 Å². The summed E-state index contributed by atoms with van der Waals surface area (Å²) in [5.41, 5.74) is 1.39. The van der Waals surface area contributed by atoms with E-state index in [4.69, 9.17) is 9.94 Å². The lowest BCUT2D eigenvalue weighted by Crippen LogP contribution is -2.30. The molecule has 2 atom stereocenters. The molecule has 2 unspecified atom stereocenters. The van der Waals surface area contributed by atoms with E-state index in [1.165, 1.54) is 0 Å². The first kappa shape index (κ1) is 11.5. The zero-order valence-electron chi connectivity index (χ0n) is 8.38. The van der Waals surface area contributed by atoms with Crippen LogP contribution in [-0.2, 0) is 4.84 Å². The summed E-state index contributed by atoms with van der Waals surface area (Å²) in [5, 5.41) is 22.2. The van der Waals surface area contributed by atoms with E-state index in [2.05, 4.69) is 26.1 Å². The fourth-order valence-electron chi connectivity index (χ4n) is 1.63. The first-order valence-corrected chi connectivity index (χ1v) is 5.63. The van der Waals surface area contributed by atoms with E-state index in [-0.39, 0.29) is 19.1 Å². The Labute approximate surface area is 101 Å². The molecule has 0 aromatic carbocycles. The molecule has 0 aliphatic carbocycles. The molecule has 86 valence electrons. The minimum Gasteiger partial charge on any atom is -0.396 e. The first-order chi connectivity index (χ1) is 7.77. The minimum atomic E-state index is -0.480. The molecule has 1 aromatic rings. The van der Waals surface area contributed by atoms with Gasteiger partial charge in [-0.2, -0.15) is 0 Å². The molecule has 0 saturated carbocycles. The van der Waals surface area contributed by atoms with Gasteiger partial charge >= 0.3 is 0 Å². The number of nitrogens with zero attached hydrogens (tertiary/aromatic N) is 2. The monoisotopic (exact) mass is 286 g/mol. The third kappa shape index (κ3) is 1.95. The lowest BCUT2D eigenvalue weighted by Gasteiger charge is -2.14. The molecule has 0 amide bonds. The Morgan fingerprint density at radius 3 is 2.81 bits per heavy atom. The Hall–Kier alpha value is -0.980. The van der Waals surface area contributed by atoms with Crippen molar-refractivity contribution in [3.63, 3.8) is 0 Å². The fraction of sp³-hybridized carbons (Fsp3) is 0.400. The molecule has 0 fully saturated rings. The highest BCUT2D eigenvalue weighted by Crippen LogP contribution is 2.26. The van der Waals surface area contributed by atoms with Gasteiger partial charge in [0.1, 0.15) is 4.60 Å². The van der Waals surface area contributed by atoms with Crippen LogP contribution in [0.25, 0.3) is 0 Å². The Balaban J connectivity index is 2.32. The molecule has 0 saturated heterocycles. The second kappa shape index (κ2) is 4.90. The molecule has 0 spiro atoms. The van der Waals surface area contributed by atoms with Crippen molar-refractivity contribution in [2.75, 3.05) is 13.2 Å². The van der Waals surface area contributed by atoms with Gasteiger partial charge in [0.25, 0.3) is 0 Å². The summed E-state index contributed by atoms with van der Waals surface area (Å²) in [4.78, 5) is 9.14.